The third-order valence-corrected chi connectivity index (χ3v) is 5.05. The number of para-hydroxylation sites is 1. The molecule has 0 aliphatic carbocycles. The van der Waals surface area contributed by atoms with Crippen LogP contribution >= 0.6 is 35.3 Å². The maximum Gasteiger partial charge on any atom is 0.246 e. The van der Waals surface area contributed by atoms with Gasteiger partial charge in [0.15, 0.2) is 5.96 Å². The SMILES string of the molecule is CN=C(NCC(=O)N1CCc2ccccc21)N(C)Cc1csc(C)n1.I. The summed E-state index contributed by atoms with van der Waals surface area (Å²) < 4.78 is 0. The summed E-state index contributed by atoms with van der Waals surface area (Å²) in [5.74, 6) is 0.746. The first kappa shape index (κ1) is 20.6. The Balaban J connectivity index is 0.00000243. The lowest BCUT2D eigenvalue weighted by Crippen LogP contribution is -2.44. The minimum absolute atomic E-state index is 0. The van der Waals surface area contributed by atoms with Crippen molar-refractivity contribution in [2.75, 3.05) is 32.1 Å². The Hall–Kier alpha value is -1.68. The van der Waals surface area contributed by atoms with Crippen LogP contribution in [0.15, 0.2) is 34.6 Å². The molecular formula is C18H24IN5OS. The molecule has 140 valence electrons. The summed E-state index contributed by atoms with van der Waals surface area (Å²) in [6.07, 6.45) is 0.916. The predicted molar refractivity (Wildman–Crippen MR) is 118 cm³/mol. The van der Waals surface area contributed by atoms with Crippen molar-refractivity contribution in [2.24, 2.45) is 4.99 Å². The highest BCUT2D eigenvalue weighted by Crippen LogP contribution is 2.27. The molecule has 2 heterocycles. The van der Waals surface area contributed by atoms with E-state index in [4.69, 9.17) is 0 Å². The molecule has 1 aromatic heterocycles. The molecule has 1 aliphatic heterocycles. The van der Waals surface area contributed by atoms with E-state index < -0.39 is 0 Å². The van der Waals surface area contributed by atoms with Gasteiger partial charge in [-0.05, 0) is 25.0 Å². The molecule has 0 saturated carbocycles. The molecule has 8 heteroatoms. The van der Waals surface area contributed by atoms with Crippen LogP contribution in [0.2, 0.25) is 0 Å². The van der Waals surface area contributed by atoms with Crippen LogP contribution in [-0.4, -0.2) is 48.9 Å². The van der Waals surface area contributed by atoms with Crippen LogP contribution in [0.3, 0.4) is 0 Å². The zero-order valence-electron chi connectivity index (χ0n) is 15.2. The third-order valence-electron chi connectivity index (χ3n) is 4.23. The molecule has 1 N–H and O–H groups in total. The van der Waals surface area contributed by atoms with Gasteiger partial charge in [-0.3, -0.25) is 9.79 Å². The van der Waals surface area contributed by atoms with Crippen LogP contribution in [0.4, 0.5) is 5.69 Å². The third kappa shape index (κ3) is 4.73. The number of hydrogen-bond donors (Lipinski definition) is 1. The summed E-state index contributed by atoms with van der Waals surface area (Å²) in [4.78, 5) is 25.2. The lowest BCUT2D eigenvalue weighted by Gasteiger charge is -2.23. The molecule has 1 amide bonds. The van der Waals surface area contributed by atoms with Crippen LogP contribution in [0.5, 0.6) is 0 Å². The van der Waals surface area contributed by atoms with Crippen LogP contribution in [0.1, 0.15) is 16.3 Å². The quantitative estimate of drug-likeness (QED) is 0.411. The van der Waals surface area contributed by atoms with Crippen molar-refractivity contribution in [1.29, 1.82) is 0 Å². The Morgan fingerprint density at radius 1 is 1.42 bits per heavy atom. The average Bonchev–Trinajstić information content (AvgIpc) is 3.21. The molecule has 0 saturated heterocycles. The predicted octanol–water partition coefficient (Wildman–Crippen LogP) is 2.67. The van der Waals surface area contributed by atoms with E-state index in [1.165, 1.54) is 5.56 Å². The highest BCUT2D eigenvalue weighted by Gasteiger charge is 2.24. The molecule has 0 unspecified atom stereocenters. The van der Waals surface area contributed by atoms with Gasteiger partial charge in [-0.1, -0.05) is 18.2 Å². The van der Waals surface area contributed by atoms with E-state index in [-0.39, 0.29) is 36.4 Å². The van der Waals surface area contributed by atoms with E-state index in [1.807, 2.05) is 47.4 Å². The molecular weight excluding hydrogens is 461 g/mol. The van der Waals surface area contributed by atoms with Gasteiger partial charge in [0.25, 0.3) is 0 Å². The smallest absolute Gasteiger partial charge is 0.246 e. The summed E-state index contributed by atoms with van der Waals surface area (Å²) in [5.41, 5.74) is 3.26. The highest BCUT2D eigenvalue weighted by atomic mass is 127. The number of carbonyl (C=O) groups is 1. The number of nitrogens with zero attached hydrogens (tertiary/aromatic N) is 4. The van der Waals surface area contributed by atoms with Gasteiger partial charge in [0.2, 0.25) is 5.91 Å². The lowest BCUT2D eigenvalue weighted by molar-refractivity contribution is -0.117. The van der Waals surface area contributed by atoms with Crippen molar-refractivity contribution in [3.63, 3.8) is 0 Å². The van der Waals surface area contributed by atoms with E-state index in [0.29, 0.717) is 12.5 Å². The molecule has 1 aromatic carbocycles. The summed E-state index contributed by atoms with van der Waals surface area (Å²) >= 11 is 1.64. The van der Waals surface area contributed by atoms with Crippen molar-refractivity contribution in [1.82, 2.24) is 15.2 Å². The number of aromatic nitrogens is 1. The Labute approximate surface area is 175 Å². The van der Waals surface area contributed by atoms with Gasteiger partial charge in [-0.15, -0.1) is 35.3 Å². The summed E-state index contributed by atoms with van der Waals surface area (Å²) in [6.45, 7) is 3.62. The van der Waals surface area contributed by atoms with E-state index in [9.17, 15) is 4.79 Å². The standard InChI is InChI=1S/C18H23N5OS.HI/c1-13-21-15(12-25-13)11-22(3)18(19-2)20-10-17(24)23-9-8-14-6-4-5-7-16(14)23;/h4-7,12H,8-11H2,1-3H3,(H,19,20);1H. The molecule has 0 radical (unpaired) electrons. The number of anilines is 1. The molecule has 26 heavy (non-hydrogen) atoms. The number of thiazole rings is 1. The Bertz CT molecular complexity index is 791. The topological polar surface area (TPSA) is 60.8 Å². The average molecular weight is 485 g/mol. The Kier molecular flexibility index (Phi) is 7.39. The maximum atomic E-state index is 12.6. The number of aliphatic imine (C=N–C) groups is 1. The van der Waals surface area contributed by atoms with E-state index in [2.05, 4.69) is 21.4 Å². The first-order chi connectivity index (χ1) is 12.1. The number of aryl methyl sites for hydroxylation is 1. The molecule has 2 aromatic rings. The molecule has 0 atom stereocenters. The van der Waals surface area contributed by atoms with Crippen LogP contribution in [0, 0.1) is 6.92 Å². The monoisotopic (exact) mass is 485 g/mol. The summed E-state index contributed by atoms with van der Waals surface area (Å²) in [5, 5.41) is 6.26. The lowest BCUT2D eigenvalue weighted by atomic mass is 10.2. The minimum atomic E-state index is 0. The van der Waals surface area contributed by atoms with E-state index >= 15 is 0 Å². The van der Waals surface area contributed by atoms with Crippen LogP contribution in [-0.2, 0) is 17.8 Å². The molecule has 6 nitrogen and oxygen atoms in total. The maximum absolute atomic E-state index is 12.6. The molecule has 0 fully saturated rings. The van der Waals surface area contributed by atoms with Crippen molar-refractivity contribution in [2.45, 2.75) is 19.9 Å². The Morgan fingerprint density at radius 2 is 2.19 bits per heavy atom. The minimum Gasteiger partial charge on any atom is -0.347 e. The van der Waals surface area contributed by atoms with Crippen molar-refractivity contribution >= 4 is 52.9 Å². The van der Waals surface area contributed by atoms with Gasteiger partial charge in [0, 0.05) is 31.7 Å². The van der Waals surface area contributed by atoms with Crippen molar-refractivity contribution in [3.8, 4) is 0 Å². The van der Waals surface area contributed by atoms with Gasteiger partial charge >= 0.3 is 0 Å². The fraction of sp³-hybridized carbons (Fsp3) is 0.389. The van der Waals surface area contributed by atoms with E-state index in [0.717, 1.165) is 29.4 Å². The Morgan fingerprint density at radius 3 is 2.88 bits per heavy atom. The number of halogens is 1. The molecule has 0 spiro atoms. The zero-order chi connectivity index (χ0) is 17.8. The van der Waals surface area contributed by atoms with E-state index in [1.54, 1.807) is 18.4 Å². The van der Waals surface area contributed by atoms with Gasteiger partial charge in [-0.25, -0.2) is 4.98 Å². The second-order valence-electron chi connectivity index (χ2n) is 6.04. The van der Waals surface area contributed by atoms with Gasteiger partial charge in [0.05, 0.1) is 23.8 Å². The second-order valence-corrected chi connectivity index (χ2v) is 7.10. The highest BCUT2D eigenvalue weighted by molar-refractivity contribution is 14.0. The fourth-order valence-electron chi connectivity index (χ4n) is 3.03. The molecule has 1 aliphatic rings. The number of fused-ring (bicyclic) bond motifs is 1. The molecule has 0 bridgehead atoms. The van der Waals surface area contributed by atoms with Crippen LogP contribution in [0.25, 0.3) is 0 Å². The van der Waals surface area contributed by atoms with Crippen LogP contribution < -0.4 is 10.2 Å². The number of nitrogens with one attached hydrogen (secondary N) is 1. The van der Waals surface area contributed by atoms with Gasteiger partial charge in [0.1, 0.15) is 0 Å². The van der Waals surface area contributed by atoms with Gasteiger partial charge in [-0.2, -0.15) is 0 Å². The summed E-state index contributed by atoms with van der Waals surface area (Å²) in [6, 6.07) is 8.08. The second kappa shape index (κ2) is 9.31. The fourth-order valence-corrected chi connectivity index (χ4v) is 3.63. The normalized spacial score (nSPS) is 13.2. The number of guanidine groups is 1. The first-order valence-electron chi connectivity index (χ1n) is 8.29. The zero-order valence-corrected chi connectivity index (χ0v) is 18.4. The number of benzene rings is 1. The largest absolute Gasteiger partial charge is 0.347 e. The molecule has 3 rings (SSSR count). The number of carbonyl (C=O) groups excluding carboxylic acids is 1. The number of amides is 1. The summed E-state index contributed by atoms with van der Waals surface area (Å²) in [7, 11) is 3.67. The number of hydrogen-bond acceptors (Lipinski definition) is 4. The van der Waals surface area contributed by atoms with Crippen molar-refractivity contribution < 1.29 is 4.79 Å². The first-order valence-corrected chi connectivity index (χ1v) is 9.17. The van der Waals surface area contributed by atoms with Crippen molar-refractivity contribution in [3.05, 3.63) is 45.9 Å². The van der Waals surface area contributed by atoms with Gasteiger partial charge < -0.3 is 15.1 Å². The number of rotatable bonds is 4.